The van der Waals surface area contributed by atoms with E-state index in [0.29, 0.717) is 6.54 Å². The van der Waals surface area contributed by atoms with Crippen molar-refractivity contribution in [2.75, 3.05) is 26.2 Å². The molecular formula is C8H18N2O3+2. The number of nitrogens with one attached hydrogen (secondary N) is 1. The Morgan fingerprint density at radius 3 is 2.69 bits per heavy atom. The zero-order chi connectivity index (χ0) is 9.42. The zero-order valence-corrected chi connectivity index (χ0v) is 7.56. The molecule has 0 spiro atoms. The van der Waals surface area contributed by atoms with Crippen LogP contribution in [0.4, 0.5) is 0 Å². The van der Waals surface area contributed by atoms with Gasteiger partial charge in [-0.1, -0.05) is 0 Å². The lowest BCUT2D eigenvalue weighted by Crippen LogP contribution is -3.27. The van der Waals surface area contributed by atoms with Gasteiger partial charge in [-0.25, -0.2) is 0 Å². The van der Waals surface area contributed by atoms with Crippen LogP contribution in [0.15, 0.2) is 0 Å². The van der Waals surface area contributed by atoms with Crippen LogP contribution in [-0.2, 0) is 0 Å². The lowest BCUT2D eigenvalue weighted by molar-refractivity contribution is -0.982. The van der Waals surface area contributed by atoms with E-state index in [1.807, 2.05) is 0 Å². The van der Waals surface area contributed by atoms with Crippen LogP contribution in [0.3, 0.4) is 0 Å². The second-order valence-corrected chi connectivity index (χ2v) is 4.08. The van der Waals surface area contributed by atoms with Gasteiger partial charge in [0, 0.05) is 0 Å². The van der Waals surface area contributed by atoms with Crippen LogP contribution >= 0.6 is 0 Å². The van der Waals surface area contributed by atoms with Crippen molar-refractivity contribution in [1.29, 1.82) is 0 Å². The van der Waals surface area contributed by atoms with Crippen molar-refractivity contribution >= 4 is 0 Å². The van der Waals surface area contributed by atoms with E-state index < -0.39 is 18.3 Å². The van der Waals surface area contributed by atoms with Gasteiger partial charge in [-0.15, -0.1) is 0 Å². The SMILES string of the molecule is O[C@H]1[C@H](O)[C@@H](O)C[NH+]2CC[NH2+]C[C@H]12. The number of rotatable bonds is 0. The summed E-state index contributed by atoms with van der Waals surface area (Å²) >= 11 is 0. The number of piperidine rings is 1. The Bertz CT molecular complexity index is 188. The lowest BCUT2D eigenvalue weighted by atomic mass is 9.92. The van der Waals surface area contributed by atoms with Crippen molar-refractivity contribution in [3.05, 3.63) is 0 Å². The van der Waals surface area contributed by atoms with E-state index in [-0.39, 0.29) is 6.04 Å². The summed E-state index contributed by atoms with van der Waals surface area (Å²) in [5.74, 6) is 0. The first-order chi connectivity index (χ1) is 6.20. The average molecular weight is 190 g/mol. The van der Waals surface area contributed by atoms with Gasteiger partial charge >= 0.3 is 0 Å². The van der Waals surface area contributed by atoms with Crippen LogP contribution in [0.2, 0.25) is 0 Å². The van der Waals surface area contributed by atoms with Crippen molar-refractivity contribution in [2.24, 2.45) is 0 Å². The van der Waals surface area contributed by atoms with Crippen LogP contribution < -0.4 is 10.2 Å². The number of piperazine rings is 1. The van der Waals surface area contributed by atoms with Crippen LogP contribution in [0, 0.1) is 0 Å². The molecule has 1 unspecified atom stereocenters. The summed E-state index contributed by atoms with van der Waals surface area (Å²) in [6.45, 7) is 3.42. The molecule has 2 saturated heterocycles. The van der Waals surface area contributed by atoms with Crippen molar-refractivity contribution < 1.29 is 25.5 Å². The minimum absolute atomic E-state index is 0.0900. The summed E-state index contributed by atoms with van der Waals surface area (Å²) in [4.78, 5) is 1.23. The highest BCUT2D eigenvalue weighted by atomic mass is 16.4. The smallest absolute Gasteiger partial charge is 0.166 e. The fraction of sp³-hybridized carbons (Fsp3) is 1.00. The molecule has 0 amide bonds. The van der Waals surface area contributed by atoms with E-state index >= 15 is 0 Å². The van der Waals surface area contributed by atoms with Gasteiger partial charge in [0.1, 0.15) is 44.5 Å². The van der Waals surface area contributed by atoms with Gasteiger partial charge in [0.25, 0.3) is 0 Å². The highest BCUT2D eigenvalue weighted by Gasteiger charge is 2.46. The van der Waals surface area contributed by atoms with Gasteiger partial charge in [0.05, 0.1) is 0 Å². The lowest BCUT2D eigenvalue weighted by Gasteiger charge is -2.41. The monoisotopic (exact) mass is 190 g/mol. The number of hydrogen-bond donors (Lipinski definition) is 5. The minimum atomic E-state index is -0.958. The van der Waals surface area contributed by atoms with Crippen molar-refractivity contribution in [1.82, 2.24) is 0 Å². The van der Waals surface area contributed by atoms with Gasteiger partial charge < -0.3 is 25.5 Å². The Hall–Kier alpha value is -0.200. The van der Waals surface area contributed by atoms with E-state index in [1.165, 1.54) is 4.90 Å². The molecule has 5 nitrogen and oxygen atoms in total. The quantitative estimate of drug-likeness (QED) is 0.265. The van der Waals surface area contributed by atoms with E-state index in [0.717, 1.165) is 19.6 Å². The molecule has 2 aliphatic heterocycles. The van der Waals surface area contributed by atoms with Crippen molar-refractivity contribution in [3.63, 3.8) is 0 Å². The third kappa shape index (κ3) is 1.58. The molecule has 2 aliphatic rings. The van der Waals surface area contributed by atoms with Gasteiger partial charge in [-0.3, -0.25) is 0 Å². The van der Waals surface area contributed by atoms with Crippen LogP contribution in [-0.4, -0.2) is 65.9 Å². The van der Waals surface area contributed by atoms with Crippen LogP contribution in [0.25, 0.3) is 0 Å². The molecule has 0 aromatic carbocycles. The molecule has 2 rings (SSSR count). The van der Waals surface area contributed by atoms with Gasteiger partial charge in [-0.2, -0.15) is 0 Å². The molecule has 0 radical (unpaired) electrons. The van der Waals surface area contributed by atoms with E-state index in [9.17, 15) is 15.3 Å². The number of aliphatic hydroxyl groups excluding tert-OH is 3. The molecule has 0 aliphatic carbocycles. The van der Waals surface area contributed by atoms with Crippen molar-refractivity contribution in [2.45, 2.75) is 24.4 Å². The molecule has 2 fully saturated rings. The Balaban J connectivity index is 2.08. The molecule has 0 aromatic rings. The largest absolute Gasteiger partial charge is 0.387 e. The summed E-state index contributed by atoms with van der Waals surface area (Å²) in [5.41, 5.74) is 0. The number of nitrogens with two attached hydrogens (primary N) is 1. The minimum Gasteiger partial charge on any atom is -0.387 e. The first-order valence-electron chi connectivity index (χ1n) is 4.90. The van der Waals surface area contributed by atoms with E-state index in [2.05, 4.69) is 5.32 Å². The predicted molar refractivity (Wildman–Crippen MR) is 44.2 cm³/mol. The van der Waals surface area contributed by atoms with Crippen LogP contribution in [0.5, 0.6) is 0 Å². The molecule has 0 aromatic heterocycles. The first kappa shape index (κ1) is 9.36. The fourth-order valence-corrected chi connectivity index (χ4v) is 2.43. The number of aliphatic hydroxyl groups is 3. The number of fused-ring (bicyclic) bond motifs is 1. The van der Waals surface area contributed by atoms with Gasteiger partial charge in [-0.05, 0) is 0 Å². The average Bonchev–Trinajstić information content (AvgIpc) is 2.15. The first-order valence-corrected chi connectivity index (χ1v) is 4.90. The third-order valence-corrected chi connectivity index (χ3v) is 3.24. The number of hydrogen-bond acceptors (Lipinski definition) is 3. The summed E-state index contributed by atoms with van der Waals surface area (Å²) in [6, 6.07) is 0.0900. The molecule has 76 valence electrons. The summed E-state index contributed by atoms with van der Waals surface area (Å²) < 4.78 is 0. The van der Waals surface area contributed by atoms with Crippen molar-refractivity contribution in [3.8, 4) is 0 Å². The zero-order valence-electron chi connectivity index (χ0n) is 7.56. The maximum absolute atomic E-state index is 9.69. The van der Waals surface area contributed by atoms with Gasteiger partial charge in [0.15, 0.2) is 6.04 Å². The fourth-order valence-electron chi connectivity index (χ4n) is 2.43. The molecule has 2 heterocycles. The molecule has 0 saturated carbocycles. The highest BCUT2D eigenvalue weighted by Crippen LogP contribution is 2.06. The Kier molecular flexibility index (Phi) is 2.53. The molecule has 13 heavy (non-hydrogen) atoms. The maximum atomic E-state index is 9.69. The Morgan fingerprint density at radius 2 is 1.92 bits per heavy atom. The van der Waals surface area contributed by atoms with E-state index in [1.54, 1.807) is 0 Å². The normalized spacial score (nSPS) is 51.5. The second-order valence-electron chi connectivity index (χ2n) is 4.08. The number of quaternary nitrogens is 2. The molecule has 0 bridgehead atoms. The van der Waals surface area contributed by atoms with Gasteiger partial charge in [0.2, 0.25) is 0 Å². The molecule has 5 atom stereocenters. The second kappa shape index (κ2) is 3.51. The Morgan fingerprint density at radius 1 is 1.15 bits per heavy atom. The summed E-state index contributed by atoms with van der Waals surface area (Å²) in [5, 5.41) is 30.8. The summed E-state index contributed by atoms with van der Waals surface area (Å²) in [6.07, 6.45) is -2.49. The van der Waals surface area contributed by atoms with Crippen LogP contribution in [0.1, 0.15) is 0 Å². The topological polar surface area (TPSA) is 81.7 Å². The molecular weight excluding hydrogens is 172 g/mol. The third-order valence-electron chi connectivity index (χ3n) is 3.24. The Labute approximate surface area is 77.0 Å². The summed E-state index contributed by atoms with van der Waals surface area (Å²) in [7, 11) is 0. The predicted octanol–water partition coefficient (Wildman–Crippen LogP) is -5.09. The van der Waals surface area contributed by atoms with E-state index in [4.69, 9.17) is 0 Å². The standard InChI is InChI=1S/C8H16N2O3/c11-6-4-10-2-1-9-3-5(10)7(12)8(6)13/h5-9,11-13H,1-4H2/p+2/t5-,6+,7-,8-/m1/s1. The molecule has 6 N–H and O–H groups in total. The highest BCUT2D eigenvalue weighted by molar-refractivity contribution is 4.85. The molecule has 5 heteroatoms. The maximum Gasteiger partial charge on any atom is 0.166 e.